The van der Waals surface area contributed by atoms with Gasteiger partial charge in [-0.2, -0.15) is 0 Å². The van der Waals surface area contributed by atoms with Crippen LogP contribution in [0.25, 0.3) is 11.1 Å². The van der Waals surface area contributed by atoms with E-state index in [1.165, 1.54) is 12.1 Å². The lowest BCUT2D eigenvalue weighted by Gasteiger charge is -2.11. The Balaban J connectivity index is 2.00. The molecule has 27 heavy (non-hydrogen) atoms. The monoisotopic (exact) mass is 400 g/mol. The van der Waals surface area contributed by atoms with Crippen molar-refractivity contribution in [3.05, 3.63) is 81.3 Å². The van der Waals surface area contributed by atoms with Crippen molar-refractivity contribution in [1.82, 2.24) is 0 Å². The number of rotatable bonds is 4. The highest BCUT2D eigenvalue weighted by atomic mass is 35.5. The molecule has 0 aliphatic rings. The van der Waals surface area contributed by atoms with Gasteiger partial charge in [0.1, 0.15) is 11.5 Å². The molecular weight excluding hydrogens is 383 g/mol. The third-order valence-electron chi connectivity index (χ3n) is 4.35. The van der Waals surface area contributed by atoms with Gasteiger partial charge in [-0.25, -0.2) is 0 Å². The molecule has 3 aromatic rings. The number of carbonyl (C=O) groups is 1. The van der Waals surface area contributed by atoms with Crippen LogP contribution in [0.1, 0.15) is 41.3 Å². The largest absolute Gasteiger partial charge is 0.507 e. The first-order valence-corrected chi connectivity index (χ1v) is 9.19. The van der Waals surface area contributed by atoms with Gasteiger partial charge in [0.15, 0.2) is 5.78 Å². The number of hydrogen-bond donors (Lipinski definition) is 2. The van der Waals surface area contributed by atoms with Crippen LogP contribution in [0, 0.1) is 0 Å². The van der Waals surface area contributed by atoms with Crippen LogP contribution in [0.15, 0.2) is 54.6 Å². The second-order valence-corrected chi connectivity index (χ2v) is 7.53. The van der Waals surface area contributed by atoms with Gasteiger partial charge in [-0.15, -0.1) is 0 Å². The molecule has 3 nitrogen and oxygen atoms in total. The molecule has 138 valence electrons. The number of ketones is 1. The van der Waals surface area contributed by atoms with Crippen LogP contribution in [0.4, 0.5) is 0 Å². The Morgan fingerprint density at radius 2 is 1.33 bits per heavy atom. The predicted molar refractivity (Wildman–Crippen MR) is 109 cm³/mol. The summed E-state index contributed by atoms with van der Waals surface area (Å²) in [6.07, 6.45) is 0. The third-order valence-corrected chi connectivity index (χ3v) is 4.79. The highest BCUT2D eigenvalue weighted by molar-refractivity contribution is 6.35. The lowest BCUT2D eigenvalue weighted by molar-refractivity contribution is 0.103. The van der Waals surface area contributed by atoms with Gasteiger partial charge in [-0.3, -0.25) is 4.79 Å². The summed E-state index contributed by atoms with van der Waals surface area (Å²) in [5.74, 6) is -0.372. The van der Waals surface area contributed by atoms with E-state index in [0.717, 1.165) is 5.56 Å². The minimum Gasteiger partial charge on any atom is -0.507 e. The Hall–Kier alpha value is -2.49. The molecule has 0 saturated heterocycles. The van der Waals surface area contributed by atoms with E-state index < -0.39 is 0 Å². The Labute approximate surface area is 167 Å². The van der Waals surface area contributed by atoms with Crippen molar-refractivity contribution in [3.8, 4) is 22.6 Å². The van der Waals surface area contributed by atoms with Gasteiger partial charge in [0.25, 0.3) is 0 Å². The minimum absolute atomic E-state index is 0.172. The Kier molecular flexibility index (Phi) is 5.45. The molecular formula is C22H18Cl2O3. The fourth-order valence-corrected chi connectivity index (χ4v) is 3.45. The van der Waals surface area contributed by atoms with Crippen molar-refractivity contribution >= 4 is 29.0 Å². The summed E-state index contributed by atoms with van der Waals surface area (Å²) in [4.78, 5) is 12.7. The number of halogens is 2. The smallest absolute Gasteiger partial charge is 0.193 e. The topological polar surface area (TPSA) is 57.5 Å². The van der Waals surface area contributed by atoms with Gasteiger partial charge in [-0.05, 0) is 47.4 Å². The van der Waals surface area contributed by atoms with Crippen molar-refractivity contribution in [2.24, 2.45) is 0 Å². The summed E-state index contributed by atoms with van der Waals surface area (Å²) in [7, 11) is 0. The minimum atomic E-state index is -0.286. The Morgan fingerprint density at radius 1 is 0.815 bits per heavy atom. The molecule has 5 heteroatoms. The average molecular weight is 401 g/mol. The van der Waals surface area contributed by atoms with Gasteiger partial charge < -0.3 is 10.2 Å². The Morgan fingerprint density at radius 3 is 1.81 bits per heavy atom. The van der Waals surface area contributed by atoms with Crippen molar-refractivity contribution in [2.75, 3.05) is 0 Å². The van der Waals surface area contributed by atoms with Crippen molar-refractivity contribution in [1.29, 1.82) is 0 Å². The van der Waals surface area contributed by atoms with Crippen molar-refractivity contribution in [2.45, 2.75) is 19.8 Å². The van der Waals surface area contributed by atoms with Crippen LogP contribution >= 0.6 is 23.2 Å². The van der Waals surface area contributed by atoms with E-state index in [4.69, 9.17) is 23.2 Å². The third kappa shape index (κ3) is 4.10. The van der Waals surface area contributed by atoms with E-state index in [1.807, 2.05) is 12.1 Å². The molecule has 0 atom stereocenters. The molecule has 0 aliphatic carbocycles. The maximum atomic E-state index is 12.7. The highest BCUT2D eigenvalue weighted by Gasteiger charge is 2.18. The molecule has 0 spiro atoms. The van der Waals surface area contributed by atoms with E-state index in [2.05, 4.69) is 13.8 Å². The standard InChI is InChI=1S/C22H18Cl2O3/c1-12(2)13-3-5-14(6-4-13)22(27)16-9-19(25)21(20(26)10-16)15-7-17(23)11-18(24)8-15/h3-12,25-26H,1-2H3. The zero-order valence-corrected chi connectivity index (χ0v) is 16.3. The van der Waals surface area contributed by atoms with E-state index in [9.17, 15) is 15.0 Å². The van der Waals surface area contributed by atoms with Crippen molar-refractivity contribution < 1.29 is 15.0 Å². The van der Waals surface area contributed by atoms with Crippen LogP contribution in [0.3, 0.4) is 0 Å². The van der Waals surface area contributed by atoms with Gasteiger partial charge in [0.05, 0.1) is 5.56 Å². The van der Waals surface area contributed by atoms with Gasteiger partial charge in [0, 0.05) is 21.2 Å². The summed E-state index contributed by atoms with van der Waals surface area (Å²) in [5.41, 5.74) is 2.44. The zero-order chi connectivity index (χ0) is 19.7. The fourth-order valence-electron chi connectivity index (χ4n) is 2.92. The quantitative estimate of drug-likeness (QED) is 0.496. The van der Waals surface area contributed by atoms with E-state index in [1.54, 1.807) is 30.3 Å². The summed E-state index contributed by atoms with van der Waals surface area (Å²) in [5, 5.41) is 21.6. The molecule has 0 amide bonds. The summed E-state index contributed by atoms with van der Waals surface area (Å²) in [6, 6.07) is 14.7. The van der Waals surface area contributed by atoms with Crippen molar-refractivity contribution in [3.63, 3.8) is 0 Å². The SMILES string of the molecule is CC(C)c1ccc(C(=O)c2cc(O)c(-c3cc(Cl)cc(Cl)c3)c(O)c2)cc1. The van der Waals surface area contributed by atoms with E-state index in [-0.39, 0.29) is 28.4 Å². The number of hydrogen-bond acceptors (Lipinski definition) is 3. The van der Waals surface area contributed by atoms with E-state index in [0.29, 0.717) is 27.1 Å². The van der Waals surface area contributed by atoms with Crippen LogP contribution in [-0.2, 0) is 0 Å². The molecule has 3 aromatic carbocycles. The molecule has 0 unspecified atom stereocenters. The number of carbonyl (C=O) groups excluding carboxylic acids is 1. The van der Waals surface area contributed by atoms with Crippen LogP contribution in [0.5, 0.6) is 11.5 Å². The molecule has 0 fully saturated rings. The van der Waals surface area contributed by atoms with Gasteiger partial charge >= 0.3 is 0 Å². The molecule has 0 aliphatic heterocycles. The number of phenols is 2. The summed E-state index contributed by atoms with van der Waals surface area (Å²) < 4.78 is 0. The lowest BCUT2D eigenvalue weighted by atomic mass is 9.95. The molecule has 0 bridgehead atoms. The molecule has 0 aromatic heterocycles. The molecule has 3 rings (SSSR count). The van der Waals surface area contributed by atoms with Crippen LogP contribution < -0.4 is 0 Å². The summed E-state index contributed by atoms with van der Waals surface area (Å²) in [6.45, 7) is 4.15. The number of benzene rings is 3. The zero-order valence-electron chi connectivity index (χ0n) is 14.8. The fraction of sp³-hybridized carbons (Fsp3) is 0.136. The highest BCUT2D eigenvalue weighted by Crippen LogP contribution is 2.40. The molecule has 0 radical (unpaired) electrons. The maximum Gasteiger partial charge on any atom is 0.193 e. The van der Waals surface area contributed by atoms with Gasteiger partial charge in [-0.1, -0.05) is 61.3 Å². The van der Waals surface area contributed by atoms with Crippen LogP contribution in [-0.4, -0.2) is 16.0 Å². The second kappa shape index (κ2) is 7.63. The Bertz CT molecular complexity index is 965. The summed E-state index contributed by atoms with van der Waals surface area (Å²) >= 11 is 12.0. The molecule has 0 saturated carbocycles. The molecule has 0 heterocycles. The van der Waals surface area contributed by atoms with Crippen LogP contribution in [0.2, 0.25) is 10.0 Å². The first-order valence-electron chi connectivity index (χ1n) is 8.43. The van der Waals surface area contributed by atoms with Gasteiger partial charge in [0.2, 0.25) is 0 Å². The first-order chi connectivity index (χ1) is 12.8. The number of aromatic hydroxyl groups is 2. The normalized spacial score (nSPS) is 11.0. The average Bonchev–Trinajstić information content (AvgIpc) is 2.59. The number of phenolic OH excluding ortho intramolecular Hbond substituents is 2. The second-order valence-electron chi connectivity index (χ2n) is 6.65. The maximum absolute atomic E-state index is 12.7. The first kappa shape index (κ1) is 19.3. The predicted octanol–water partition coefficient (Wildman–Crippen LogP) is 6.43. The lowest BCUT2D eigenvalue weighted by Crippen LogP contribution is -2.02. The van der Waals surface area contributed by atoms with E-state index >= 15 is 0 Å². The molecule has 2 N–H and O–H groups in total.